The van der Waals surface area contributed by atoms with Crippen LogP contribution in [0, 0.1) is 71.0 Å². The van der Waals surface area contributed by atoms with Gasteiger partial charge in [0.15, 0.2) is 0 Å². The molecule has 0 bridgehead atoms. The fourth-order valence-electron chi connectivity index (χ4n) is 10.7. The topological polar surface area (TPSA) is 0 Å². The molecule has 5 saturated carbocycles. The monoisotopic (exact) mass is 432 g/mol. The predicted molar refractivity (Wildman–Crippen MR) is 138 cm³/mol. The van der Waals surface area contributed by atoms with Gasteiger partial charge in [-0.2, -0.15) is 0 Å². The summed E-state index contributed by atoms with van der Waals surface area (Å²) in [6.07, 6.45) is 11.3. The van der Waals surface area contributed by atoms with Crippen molar-refractivity contribution in [3.05, 3.63) is 48.6 Å². The van der Waals surface area contributed by atoms with E-state index in [9.17, 15) is 0 Å². The normalized spacial score (nSPS) is 49.4. The number of fused-ring (bicyclic) bond motifs is 2. The van der Waals surface area contributed by atoms with E-state index < -0.39 is 0 Å². The second-order valence-corrected chi connectivity index (χ2v) is 13.1. The summed E-state index contributed by atoms with van der Waals surface area (Å²) in [5, 5.41) is 0. The van der Waals surface area contributed by atoms with E-state index in [1.54, 1.807) is 0 Å². The van der Waals surface area contributed by atoms with Crippen molar-refractivity contribution in [2.24, 2.45) is 71.0 Å². The van der Waals surface area contributed by atoms with Gasteiger partial charge in [0.1, 0.15) is 0 Å². The van der Waals surface area contributed by atoms with Crippen LogP contribution in [0.4, 0.5) is 0 Å². The Bertz CT molecular complexity index is 680. The van der Waals surface area contributed by atoms with Gasteiger partial charge in [-0.25, -0.2) is 0 Å². The number of rotatable bonds is 4. The van der Waals surface area contributed by atoms with Crippen LogP contribution in [0.2, 0.25) is 0 Å². The fourth-order valence-corrected chi connectivity index (χ4v) is 10.7. The van der Waals surface area contributed by atoms with Crippen LogP contribution in [0.3, 0.4) is 0 Å². The van der Waals surface area contributed by atoms with Crippen LogP contribution >= 0.6 is 0 Å². The van der Waals surface area contributed by atoms with E-state index in [1.807, 2.05) is 0 Å². The van der Waals surface area contributed by atoms with E-state index in [0.29, 0.717) is 0 Å². The lowest BCUT2D eigenvalue weighted by molar-refractivity contribution is -0.170. The van der Waals surface area contributed by atoms with Crippen molar-refractivity contribution in [2.75, 3.05) is 0 Å². The molecule has 176 valence electrons. The van der Waals surface area contributed by atoms with Crippen LogP contribution in [0.5, 0.6) is 0 Å². The van der Waals surface area contributed by atoms with E-state index in [0.717, 1.165) is 71.0 Å². The van der Waals surface area contributed by atoms with Crippen molar-refractivity contribution in [3.8, 4) is 0 Å². The predicted octanol–water partition coefficient (Wildman–Crippen LogP) is 8.87. The van der Waals surface area contributed by atoms with Crippen LogP contribution in [0.15, 0.2) is 48.6 Å². The van der Waals surface area contributed by atoms with Crippen LogP contribution in [-0.2, 0) is 0 Å². The molecule has 0 spiro atoms. The molecule has 5 aliphatic carbocycles. The van der Waals surface area contributed by atoms with Gasteiger partial charge in [0, 0.05) is 0 Å². The molecule has 0 aromatic heterocycles. The van der Waals surface area contributed by atoms with E-state index in [4.69, 9.17) is 0 Å². The highest BCUT2D eigenvalue weighted by Crippen LogP contribution is 2.69. The van der Waals surface area contributed by atoms with Gasteiger partial charge in [-0.15, -0.1) is 0 Å². The second kappa shape index (κ2) is 8.32. The Labute approximate surface area is 198 Å². The van der Waals surface area contributed by atoms with Gasteiger partial charge in [0.05, 0.1) is 0 Å². The molecule has 0 heterocycles. The van der Waals surface area contributed by atoms with Gasteiger partial charge in [0.2, 0.25) is 0 Å². The van der Waals surface area contributed by atoms with Crippen LogP contribution in [0.25, 0.3) is 0 Å². The summed E-state index contributed by atoms with van der Waals surface area (Å²) >= 11 is 0. The van der Waals surface area contributed by atoms with E-state index in [2.05, 4.69) is 54.0 Å². The molecule has 5 aliphatic rings. The first-order chi connectivity index (χ1) is 15.2. The molecule has 8 unspecified atom stereocenters. The standard InChI is InChI=1S/C32H48/c1-17(2)21-9-13-25-27-15-11-23(19(5)6)30-24(20(7)8)12-16-28(32(27)30)26-14-10-22(18(3)4)29(21)31(25)26/h21-32H,1,3,5,7,9-16H2,2,4,6,8H3. The molecular weight excluding hydrogens is 384 g/mol. The van der Waals surface area contributed by atoms with Gasteiger partial charge in [-0.05, 0) is 150 Å². The fraction of sp³-hybridized carbons (Fsp3) is 0.750. The van der Waals surface area contributed by atoms with Crippen LogP contribution in [-0.4, -0.2) is 0 Å². The summed E-state index contributed by atoms with van der Waals surface area (Å²) in [5.41, 5.74) is 5.82. The molecule has 0 amide bonds. The molecule has 0 saturated heterocycles. The van der Waals surface area contributed by atoms with Gasteiger partial charge in [0.25, 0.3) is 0 Å². The lowest BCUT2D eigenvalue weighted by Gasteiger charge is -2.67. The van der Waals surface area contributed by atoms with E-state index in [1.165, 1.54) is 73.7 Å². The van der Waals surface area contributed by atoms with E-state index in [-0.39, 0.29) is 0 Å². The quantitative estimate of drug-likeness (QED) is 0.389. The first-order valence-electron chi connectivity index (χ1n) is 13.8. The van der Waals surface area contributed by atoms with Gasteiger partial charge in [-0.1, -0.05) is 48.6 Å². The highest BCUT2D eigenvalue weighted by atomic mass is 14.7. The molecular formula is C32H48. The zero-order chi connectivity index (χ0) is 22.9. The van der Waals surface area contributed by atoms with Crippen molar-refractivity contribution >= 4 is 0 Å². The van der Waals surface area contributed by atoms with E-state index >= 15 is 0 Å². The summed E-state index contributed by atoms with van der Waals surface area (Å²) in [6, 6.07) is 0. The summed E-state index contributed by atoms with van der Waals surface area (Å²) in [6.45, 7) is 27.3. The summed E-state index contributed by atoms with van der Waals surface area (Å²) in [5.74, 6) is 10.2. The molecule has 32 heavy (non-hydrogen) atoms. The molecule has 0 aromatic rings. The Morgan fingerprint density at radius 1 is 0.375 bits per heavy atom. The first-order valence-corrected chi connectivity index (χ1v) is 13.8. The summed E-state index contributed by atoms with van der Waals surface area (Å²) in [4.78, 5) is 0. The zero-order valence-corrected chi connectivity index (χ0v) is 21.4. The summed E-state index contributed by atoms with van der Waals surface area (Å²) in [7, 11) is 0. The maximum Gasteiger partial charge on any atom is -0.0172 e. The highest BCUT2D eigenvalue weighted by molar-refractivity contribution is 5.20. The zero-order valence-electron chi connectivity index (χ0n) is 21.4. The van der Waals surface area contributed by atoms with Crippen molar-refractivity contribution in [3.63, 3.8) is 0 Å². The summed E-state index contributed by atoms with van der Waals surface area (Å²) < 4.78 is 0. The molecule has 0 aromatic carbocycles. The smallest absolute Gasteiger partial charge is 0.0172 e. The van der Waals surface area contributed by atoms with Gasteiger partial charge < -0.3 is 0 Å². The first kappa shape index (κ1) is 22.7. The molecule has 0 aliphatic heterocycles. The Morgan fingerprint density at radius 2 is 0.594 bits per heavy atom. The minimum Gasteiger partial charge on any atom is -0.0998 e. The maximum absolute atomic E-state index is 4.51. The van der Waals surface area contributed by atoms with Gasteiger partial charge in [-0.3, -0.25) is 0 Å². The van der Waals surface area contributed by atoms with Crippen molar-refractivity contribution in [1.29, 1.82) is 0 Å². The maximum atomic E-state index is 4.51. The molecule has 0 heteroatoms. The van der Waals surface area contributed by atoms with Crippen molar-refractivity contribution in [1.82, 2.24) is 0 Å². The third kappa shape index (κ3) is 3.29. The van der Waals surface area contributed by atoms with Gasteiger partial charge >= 0.3 is 0 Å². The second-order valence-electron chi connectivity index (χ2n) is 13.1. The van der Waals surface area contributed by atoms with Crippen LogP contribution in [0.1, 0.15) is 79.1 Å². The molecule has 0 radical (unpaired) electrons. The van der Waals surface area contributed by atoms with Crippen LogP contribution < -0.4 is 0 Å². The minimum atomic E-state index is 0.728. The molecule has 0 nitrogen and oxygen atoms in total. The Morgan fingerprint density at radius 3 is 0.781 bits per heavy atom. The Kier molecular flexibility index (Phi) is 5.91. The largest absolute Gasteiger partial charge is 0.0998 e. The highest BCUT2D eigenvalue weighted by Gasteiger charge is 2.62. The number of hydrogen-bond donors (Lipinski definition) is 0. The average Bonchev–Trinajstić information content (AvgIpc) is 2.75. The third-order valence-corrected chi connectivity index (χ3v) is 11.6. The Hall–Kier alpha value is -1.04. The third-order valence-electron chi connectivity index (χ3n) is 11.6. The number of hydrogen-bond acceptors (Lipinski definition) is 0. The molecule has 5 fully saturated rings. The van der Waals surface area contributed by atoms with Crippen molar-refractivity contribution < 1.29 is 0 Å². The molecule has 5 rings (SSSR count). The Balaban J connectivity index is 1.57. The molecule has 8 atom stereocenters. The lowest BCUT2D eigenvalue weighted by Crippen LogP contribution is -2.61. The lowest BCUT2D eigenvalue weighted by atomic mass is 9.38. The SMILES string of the molecule is C=C(C)C1CCC2C3CCC(C(=C)C)C4C(C(=C)C)CCC(C5CCC(C(=C)C)C1C25)C34. The van der Waals surface area contributed by atoms with Crippen molar-refractivity contribution in [2.45, 2.75) is 79.1 Å². The molecule has 0 N–H and O–H groups in total. The average molecular weight is 433 g/mol. The number of allylic oxidation sites excluding steroid dienone is 4. The minimum absolute atomic E-state index is 0.728.